The molecule has 0 unspecified atom stereocenters. The molecule has 0 saturated carbocycles. The molecule has 2 aliphatic heterocycles. The van der Waals surface area contributed by atoms with Crippen molar-refractivity contribution < 1.29 is 22.7 Å². The Labute approximate surface area is 184 Å². The number of nitrogens with zero attached hydrogens (tertiary/aromatic N) is 1. The molecule has 7 nitrogen and oxygen atoms in total. The quantitative estimate of drug-likeness (QED) is 0.699. The molecular weight excluding hydrogens is 472 g/mol. The molecule has 30 heavy (non-hydrogen) atoms. The lowest BCUT2D eigenvalue weighted by Gasteiger charge is -2.32. The minimum atomic E-state index is -3.80. The number of nitrogens with one attached hydrogen (secondary N) is 1. The van der Waals surface area contributed by atoms with Gasteiger partial charge in [0, 0.05) is 29.3 Å². The fourth-order valence-electron chi connectivity index (χ4n) is 3.58. The second kappa shape index (κ2) is 8.47. The minimum Gasteiger partial charge on any atom is -0.485 e. The van der Waals surface area contributed by atoms with Gasteiger partial charge >= 0.3 is 0 Å². The van der Waals surface area contributed by atoms with Gasteiger partial charge in [-0.1, -0.05) is 15.9 Å². The van der Waals surface area contributed by atoms with Crippen molar-refractivity contribution in [1.29, 1.82) is 0 Å². The standard InChI is InChI=1S/C21H23BrN2O5S/c1-14-11-15(5-7-17(14)22)23-30(26,27)16-6-8-18-19(12-16)28-13-20(29-18)21(25)24-9-3-2-4-10-24/h5-8,11-12,20,23H,2-4,9-10,13H2,1H3/t20-/m1/s1. The van der Waals surface area contributed by atoms with Crippen LogP contribution in [0.5, 0.6) is 11.5 Å². The molecule has 2 aromatic rings. The fraction of sp³-hybridized carbons (Fsp3) is 0.381. The summed E-state index contributed by atoms with van der Waals surface area (Å²) in [7, 11) is -3.80. The summed E-state index contributed by atoms with van der Waals surface area (Å²) in [6.45, 7) is 3.42. The molecule has 4 rings (SSSR count). The Balaban J connectivity index is 1.49. The Bertz CT molecular complexity index is 1070. The summed E-state index contributed by atoms with van der Waals surface area (Å²) in [6.07, 6.45) is 2.44. The number of rotatable bonds is 4. The third-order valence-corrected chi connectivity index (χ3v) is 7.51. The first-order valence-corrected chi connectivity index (χ1v) is 12.1. The molecule has 2 aromatic carbocycles. The number of anilines is 1. The molecule has 1 fully saturated rings. The van der Waals surface area contributed by atoms with Gasteiger partial charge < -0.3 is 14.4 Å². The number of hydrogen-bond acceptors (Lipinski definition) is 5. The zero-order valence-corrected chi connectivity index (χ0v) is 19.0. The number of piperidine rings is 1. The molecule has 0 aromatic heterocycles. The summed E-state index contributed by atoms with van der Waals surface area (Å²) < 4.78 is 40.6. The maximum Gasteiger partial charge on any atom is 0.267 e. The van der Waals surface area contributed by atoms with Crippen LogP contribution in [0, 0.1) is 6.92 Å². The first-order chi connectivity index (χ1) is 14.3. The van der Waals surface area contributed by atoms with Crippen LogP contribution in [0.3, 0.4) is 0 Å². The number of ether oxygens (including phenoxy) is 2. The molecule has 160 valence electrons. The van der Waals surface area contributed by atoms with Crippen LogP contribution in [0.25, 0.3) is 0 Å². The Morgan fingerprint density at radius 2 is 1.87 bits per heavy atom. The van der Waals surface area contributed by atoms with E-state index in [1.807, 2.05) is 11.8 Å². The summed E-state index contributed by atoms with van der Waals surface area (Å²) >= 11 is 3.40. The van der Waals surface area contributed by atoms with Gasteiger partial charge in [-0.05, 0) is 62.1 Å². The number of aryl methyl sites for hydroxylation is 1. The monoisotopic (exact) mass is 494 g/mol. The van der Waals surface area contributed by atoms with Crippen LogP contribution < -0.4 is 14.2 Å². The van der Waals surface area contributed by atoms with Gasteiger partial charge in [-0.3, -0.25) is 9.52 Å². The molecule has 1 atom stereocenters. The summed E-state index contributed by atoms with van der Waals surface area (Å²) in [5, 5.41) is 0. The van der Waals surface area contributed by atoms with Gasteiger partial charge in [0.2, 0.25) is 6.10 Å². The van der Waals surface area contributed by atoms with Gasteiger partial charge in [0.25, 0.3) is 15.9 Å². The maximum absolute atomic E-state index is 12.8. The van der Waals surface area contributed by atoms with Gasteiger partial charge in [-0.25, -0.2) is 8.42 Å². The summed E-state index contributed by atoms with van der Waals surface area (Å²) in [6, 6.07) is 9.62. The SMILES string of the molecule is Cc1cc(NS(=O)(=O)c2ccc3c(c2)OC[C@H](C(=O)N2CCCCC2)O3)ccc1Br. The van der Waals surface area contributed by atoms with Crippen molar-refractivity contribution in [2.45, 2.75) is 37.2 Å². The molecule has 0 aliphatic carbocycles. The number of halogens is 1. The molecule has 1 amide bonds. The third-order valence-electron chi connectivity index (χ3n) is 5.24. The number of carbonyl (C=O) groups is 1. The molecule has 0 spiro atoms. The number of benzene rings is 2. The molecule has 0 radical (unpaired) electrons. The predicted octanol–water partition coefficient (Wildman–Crippen LogP) is 3.71. The van der Waals surface area contributed by atoms with E-state index < -0.39 is 16.1 Å². The van der Waals surface area contributed by atoms with Crippen molar-refractivity contribution in [3.05, 3.63) is 46.4 Å². The van der Waals surface area contributed by atoms with E-state index in [0.29, 0.717) is 17.2 Å². The third kappa shape index (κ3) is 4.41. The highest BCUT2D eigenvalue weighted by atomic mass is 79.9. The smallest absolute Gasteiger partial charge is 0.267 e. The van der Waals surface area contributed by atoms with Gasteiger partial charge in [0.15, 0.2) is 11.5 Å². The number of likely N-dealkylation sites (tertiary alicyclic amines) is 1. The first-order valence-electron chi connectivity index (χ1n) is 9.85. The van der Waals surface area contributed by atoms with Gasteiger partial charge in [0.05, 0.1) is 4.90 Å². The van der Waals surface area contributed by atoms with E-state index in [-0.39, 0.29) is 17.4 Å². The van der Waals surface area contributed by atoms with Crippen molar-refractivity contribution in [2.75, 3.05) is 24.4 Å². The van der Waals surface area contributed by atoms with Crippen LogP contribution in [0.1, 0.15) is 24.8 Å². The lowest BCUT2D eigenvalue weighted by atomic mass is 10.1. The van der Waals surface area contributed by atoms with Crippen molar-refractivity contribution in [1.82, 2.24) is 4.90 Å². The largest absolute Gasteiger partial charge is 0.485 e. The highest BCUT2D eigenvalue weighted by Gasteiger charge is 2.32. The van der Waals surface area contributed by atoms with Crippen LogP contribution in [0.4, 0.5) is 5.69 Å². The number of carbonyl (C=O) groups excluding carboxylic acids is 1. The maximum atomic E-state index is 12.8. The van der Waals surface area contributed by atoms with Gasteiger partial charge in [0.1, 0.15) is 6.61 Å². The van der Waals surface area contributed by atoms with E-state index in [9.17, 15) is 13.2 Å². The minimum absolute atomic E-state index is 0.0607. The van der Waals surface area contributed by atoms with Crippen molar-refractivity contribution >= 4 is 37.5 Å². The average molecular weight is 495 g/mol. The highest BCUT2D eigenvalue weighted by molar-refractivity contribution is 9.10. The van der Waals surface area contributed by atoms with E-state index in [2.05, 4.69) is 20.7 Å². The molecular formula is C21H23BrN2O5S. The second-order valence-electron chi connectivity index (χ2n) is 7.48. The highest BCUT2D eigenvalue weighted by Crippen LogP contribution is 2.35. The zero-order chi connectivity index (χ0) is 21.3. The summed E-state index contributed by atoms with van der Waals surface area (Å²) in [5.74, 6) is 0.604. The Kier molecular flexibility index (Phi) is 5.92. The van der Waals surface area contributed by atoms with Crippen LogP contribution in [-0.2, 0) is 14.8 Å². The fourth-order valence-corrected chi connectivity index (χ4v) is 4.89. The molecule has 9 heteroatoms. The molecule has 0 bridgehead atoms. The molecule has 2 aliphatic rings. The van der Waals surface area contributed by atoms with Crippen molar-refractivity contribution in [3.63, 3.8) is 0 Å². The number of amides is 1. The molecule has 1 N–H and O–H groups in total. The number of sulfonamides is 1. The number of fused-ring (bicyclic) bond motifs is 1. The normalized spacial score (nSPS) is 18.7. The topological polar surface area (TPSA) is 84.9 Å². The Morgan fingerprint density at radius 3 is 2.60 bits per heavy atom. The average Bonchev–Trinajstić information content (AvgIpc) is 2.75. The number of hydrogen-bond donors (Lipinski definition) is 1. The zero-order valence-electron chi connectivity index (χ0n) is 16.6. The summed E-state index contributed by atoms with van der Waals surface area (Å²) in [5.41, 5.74) is 1.39. The Morgan fingerprint density at radius 1 is 1.10 bits per heavy atom. The molecule has 1 saturated heterocycles. The van der Waals surface area contributed by atoms with Gasteiger partial charge in [-0.15, -0.1) is 0 Å². The van der Waals surface area contributed by atoms with E-state index in [1.54, 1.807) is 18.2 Å². The Hall–Kier alpha value is -2.26. The van der Waals surface area contributed by atoms with E-state index in [4.69, 9.17) is 9.47 Å². The van der Waals surface area contributed by atoms with Gasteiger partial charge in [-0.2, -0.15) is 0 Å². The first kappa shape index (κ1) is 21.0. The van der Waals surface area contributed by atoms with Crippen LogP contribution in [0.2, 0.25) is 0 Å². The predicted molar refractivity (Wildman–Crippen MR) is 116 cm³/mol. The lowest BCUT2D eigenvalue weighted by Crippen LogP contribution is -2.48. The lowest BCUT2D eigenvalue weighted by molar-refractivity contribution is -0.142. The van der Waals surface area contributed by atoms with Crippen LogP contribution in [0.15, 0.2) is 45.8 Å². The van der Waals surface area contributed by atoms with Crippen molar-refractivity contribution in [2.24, 2.45) is 0 Å². The van der Waals surface area contributed by atoms with E-state index in [0.717, 1.165) is 42.4 Å². The second-order valence-corrected chi connectivity index (χ2v) is 10.0. The van der Waals surface area contributed by atoms with E-state index in [1.165, 1.54) is 18.2 Å². The van der Waals surface area contributed by atoms with Crippen molar-refractivity contribution in [3.8, 4) is 11.5 Å². The molecule has 2 heterocycles. The summed E-state index contributed by atoms with van der Waals surface area (Å²) in [4.78, 5) is 14.5. The van der Waals surface area contributed by atoms with Crippen LogP contribution >= 0.6 is 15.9 Å². The van der Waals surface area contributed by atoms with E-state index >= 15 is 0 Å². The van der Waals surface area contributed by atoms with Crippen LogP contribution in [-0.4, -0.2) is 45.0 Å².